The average Bonchev–Trinajstić information content (AvgIpc) is 3.39. The molecule has 2 saturated heterocycles. The molecule has 11 atom stereocenters. The van der Waals surface area contributed by atoms with E-state index in [1.807, 2.05) is 118 Å². The summed E-state index contributed by atoms with van der Waals surface area (Å²) in [7, 11) is 0. The predicted molar refractivity (Wildman–Crippen MR) is 260 cm³/mol. The van der Waals surface area contributed by atoms with Crippen LogP contribution in [0.1, 0.15) is 64.6 Å². The zero-order chi connectivity index (χ0) is 48.4. The van der Waals surface area contributed by atoms with Gasteiger partial charge in [-0.2, -0.15) is 0 Å². The molecule has 2 aliphatic heterocycles. The lowest BCUT2D eigenvalue weighted by atomic mass is 9.89. The van der Waals surface area contributed by atoms with Gasteiger partial charge in [-0.05, 0) is 65.9 Å². The van der Waals surface area contributed by atoms with Gasteiger partial charge in [-0.1, -0.05) is 154 Å². The third-order valence-electron chi connectivity index (χ3n) is 12.1. The van der Waals surface area contributed by atoms with E-state index in [0.29, 0.717) is 42.9 Å². The molecular formula is C57H64O12. The Morgan fingerprint density at radius 2 is 1.07 bits per heavy atom. The van der Waals surface area contributed by atoms with Crippen molar-refractivity contribution in [3.05, 3.63) is 204 Å². The van der Waals surface area contributed by atoms with Crippen molar-refractivity contribution >= 4 is 11.9 Å². The quantitative estimate of drug-likeness (QED) is 0.0332. The van der Waals surface area contributed by atoms with E-state index in [0.717, 1.165) is 16.7 Å². The summed E-state index contributed by atoms with van der Waals surface area (Å²) in [5.41, 5.74) is 4.25. The molecule has 0 N–H and O–H groups in total. The van der Waals surface area contributed by atoms with Gasteiger partial charge in [0.05, 0.1) is 63.0 Å². The molecule has 364 valence electrons. The van der Waals surface area contributed by atoms with Crippen LogP contribution in [0.2, 0.25) is 0 Å². The monoisotopic (exact) mass is 940 g/mol. The van der Waals surface area contributed by atoms with E-state index in [1.165, 1.54) is 0 Å². The highest BCUT2D eigenvalue weighted by Gasteiger charge is 2.50. The second-order valence-corrected chi connectivity index (χ2v) is 17.3. The highest BCUT2D eigenvalue weighted by atomic mass is 16.7. The van der Waals surface area contributed by atoms with E-state index in [4.69, 9.17) is 47.4 Å². The Labute approximate surface area is 406 Å². The van der Waals surface area contributed by atoms with Crippen LogP contribution in [-0.2, 0) is 67.2 Å². The summed E-state index contributed by atoms with van der Waals surface area (Å²) in [6.07, 6.45) is -5.19. The molecule has 0 amide bonds. The smallest absolute Gasteiger partial charge is 0.338 e. The molecule has 69 heavy (non-hydrogen) atoms. The molecule has 0 aromatic heterocycles. The van der Waals surface area contributed by atoms with Gasteiger partial charge in [-0.15, -0.1) is 0 Å². The summed E-state index contributed by atoms with van der Waals surface area (Å²) in [6, 6.07) is 47.1. The van der Waals surface area contributed by atoms with Crippen LogP contribution < -0.4 is 0 Å². The topological polar surface area (TPSA) is 126 Å². The molecule has 7 rings (SSSR count). The second kappa shape index (κ2) is 26.3. The lowest BCUT2D eigenvalue weighted by Gasteiger charge is -2.46. The SMILES string of the molecule is C=C[C@H](OCC(=C)CO[C@@H]1O[C@H](CC)[C@@H](C)[C@H](OC(=O)c2ccccc2)[C@H]1OC(=O)c1ccccc1)O[C@@H]1[C@@H](OCc2ccccc2)[C@H](OCc2ccccc2)[C@@H](COCc2ccccc2)O[C@H]1C. The van der Waals surface area contributed by atoms with Crippen molar-refractivity contribution in [2.45, 2.75) is 108 Å². The van der Waals surface area contributed by atoms with Gasteiger partial charge >= 0.3 is 11.9 Å². The van der Waals surface area contributed by atoms with Gasteiger partial charge in [0.1, 0.15) is 30.5 Å². The maximum Gasteiger partial charge on any atom is 0.338 e. The van der Waals surface area contributed by atoms with Crippen LogP contribution in [0.25, 0.3) is 0 Å². The Balaban J connectivity index is 1.04. The molecule has 2 aliphatic rings. The summed E-state index contributed by atoms with van der Waals surface area (Å²) >= 11 is 0. The van der Waals surface area contributed by atoms with Gasteiger partial charge in [-0.25, -0.2) is 9.59 Å². The van der Waals surface area contributed by atoms with Crippen LogP contribution in [0.3, 0.4) is 0 Å². The van der Waals surface area contributed by atoms with E-state index in [2.05, 4.69) is 13.2 Å². The normalized spacial score (nSPS) is 25.0. The fourth-order valence-electron chi connectivity index (χ4n) is 8.44. The van der Waals surface area contributed by atoms with Crippen molar-refractivity contribution in [3.8, 4) is 0 Å². The average molecular weight is 941 g/mol. The molecule has 2 heterocycles. The molecule has 12 nitrogen and oxygen atoms in total. The van der Waals surface area contributed by atoms with Crippen LogP contribution in [0.4, 0.5) is 0 Å². The van der Waals surface area contributed by atoms with Crippen LogP contribution in [0.5, 0.6) is 0 Å². The Kier molecular flexibility index (Phi) is 19.4. The van der Waals surface area contributed by atoms with Gasteiger partial charge in [0.15, 0.2) is 18.7 Å². The Bertz CT molecular complexity index is 2320. The Morgan fingerprint density at radius 1 is 0.580 bits per heavy atom. The molecule has 12 heteroatoms. The lowest BCUT2D eigenvalue weighted by Crippen LogP contribution is -2.61. The fourth-order valence-corrected chi connectivity index (χ4v) is 8.44. The van der Waals surface area contributed by atoms with E-state index in [9.17, 15) is 9.59 Å². The number of hydrogen-bond donors (Lipinski definition) is 0. The Morgan fingerprint density at radius 3 is 1.59 bits per heavy atom. The summed E-state index contributed by atoms with van der Waals surface area (Å²) in [6.45, 7) is 15.3. The molecule has 0 unspecified atom stereocenters. The second-order valence-electron chi connectivity index (χ2n) is 17.3. The molecular weight excluding hydrogens is 877 g/mol. The third kappa shape index (κ3) is 14.6. The molecule has 5 aromatic rings. The number of esters is 2. The van der Waals surface area contributed by atoms with Gasteiger partial charge in [0.2, 0.25) is 0 Å². The van der Waals surface area contributed by atoms with Crippen LogP contribution in [-0.4, -0.2) is 93.2 Å². The molecule has 0 spiro atoms. The predicted octanol–water partition coefficient (Wildman–Crippen LogP) is 9.87. The van der Waals surface area contributed by atoms with E-state index < -0.39 is 67.2 Å². The number of rotatable bonds is 24. The lowest BCUT2D eigenvalue weighted by molar-refractivity contribution is -0.290. The first-order valence-corrected chi connectivity index (χ1v) is 23.6. The molecule has 0 saturated carbocycles. The minimum Gasteiger partial charge on any atom is -0.454 e. The van der Waals surface area contributed by atoms with Crippen molar-refractivity contribution in [3.63, 3.8) is 0 Å². The van der Waals surface area contributed by atoms with Gasteiger partial charge in [0, 0.05) is 5.92 Å². The van der Waals surface area contributed by atoms with Crippen LogP contribution in [0, 0.1) is 5.92 Å². The van der Waals surface area contributed by atoms with E-state index in [1.54, 1.807) is 60.7 Å². The first kappa shape index (κ1) is 51.1. The molecule has 0 aliphatic carbocycles. The van der Waals surface area contributed by atoms with Crippen molar-refractivity contribution in [2.24, 2.45) is 5.92 Å². The highest BCUT2D eigenvalue weighted by molar-refractivity contribution is 5.90. The van der Waals surface area contributed by atoms with Gasteiger partial charge in [-0.3, -0.25) is 0 Å². The molecule has 5 aromatic carbocycles. The summed E-state index contributed by atoms with van der Waals surface area (Å²) in [4.78, 5) is 27.0. The maximum absolute atomic E-state index is 13.6. The number of hydrogen-bond acceptors (Lipinski definition) is 12. The van der Waals surface area contributed by atoms with Crippen LogP contribution in [0.15, 0.2) is 176 Å². The summed E-state index contributed by atoms with van der Waals surface area (Å²) in [5, 5.41) is 0. The first-order valence-electron chi connectivity index (χ1n) is 23.6. The van der Waals surface area contributed by atoms with Crippen molar-refractivity contribution in [1.82, 2.24) is 0 Å². The molecule has 0 bridgehead atoms. The van der Waals surface area contributed by atoms with E-state index >= 15 is 0 Å². The zero-order valence-corrected chi connectivity index (χ0v) is 39.6. The van der Waals surface area contributed by atoms with Crippen LogP contribution >= 0.6 is 0 Å². The largest absolute Gasteiger partial charge is 0.454 e. The number of carbonyl (C=O) groups excluding carboxylic acids is 2. The van der Waals surface area contributed by atoms with Gasteiger partial charge < -0.3 is 47.4 Å². The van der Waals surface area contributed by atoms with Crippen molar-refractivity contribution in [1.29, 1.82) is 0 Å². The number of benzene rings is 5. The minimum absolute atomic E-state index is 0.000703. The number of carbonyl (C=O) groups is 2. The Hall–Kier alpha value is -5.80. The standard InChI is InChI=1S/C57H64O12/c1-6-47-40(4)50(68-55(58)45-29-19-11-20-30-45)54(69-56(59)46-31-21-12-22-32-46)57(66-47)64-34-39(3)33-61-49(7-2)67-51-41(5)65-48(38-60-35-42-23-13-8-14-24-42)52(62-36-43-25-15-9-16-26-43)53(51)63-37-44-27-17-10-18-28-44/h7-32,40-41,47-54,57H,2-3,6,33-38H2,1,4-5H3/t40-,41+,47-,48-,49-,50+,51+,52-,53-,54-,57-/m1/s1. The first-order chi connectivity index (χ1) is 33.7. The van der Waals surface area contributed by atoms with Crippen molar-refractivity contribution in [2.75, 3.05) is 19.8 Å². The number of ether oxygens (including phenoxy) is 10. The molecule has 0 radical (unpaired) electrons. The molecule has 2 fully saturated rings. The summed E-state index contributed by atoms with van der Waals surface area (Å²) in [5.74, 6) is -1.51. The zero-order valence-electron chi connectivity index (χ0n) is 39.6. The van der Waals surface area contributed by atoms with Crippen molar-refractivity contribution < 1.29 is 57.0 Å². The minimum atomic E-state index is -1.12. The van der Waals surface area contributed by atoms with Gasteiger partial charge in [0.25, 0.3) is 0 Å². The highest BCUT2D eigenvalue weighted by Crippen LogP contribution is 2.35. The van der Waals surface area contributed by atoms with E-state index in [-0.39, 0.29) is 31.8 Å². The fraction of sp³-hybridized carbons (Fsp3) is 0.368. The third-order valence-corrected chi connectivity index (χ3v) is 12.1. The maximum atomic E-state index is 13.6. The summed E-state index contributed by atoms with van der Waals surface area (Å²) < 4.78 is 64.5.